The number of benzene rings is 1. The van der Waals surface area contributed by atoms with Crippen LogP contribution in [0.2, 0.25) is 0 Å². The predicted octanol–water partition coefficient (Wildman–Crippen LogP) is 4.30. The molecule has 0 aliphatic rings. The fourth-order valence-electron chi connectivity index (χ4n) is 3.49. The van der Waals surface area contributed by atoms with E-state index in [4.69, 9.17) is 0 Å². The number of nitrogens with zero attached hydrogens (tertiary/aromatic N) is 4. The van der Waals surface area contributed by atoms with Crippen LogP contribution in [-0.4, -0.2) is 24.3 Å². The number of H-pyrrole nitrogens is 1. The van der Waals surface area contributed by atoms with Crippen molar-refractivity contribution in [3.8, 4) is 0 Å². The van der Waals surface area contributed by atoms with Crippen LogP contribution in [-0.2, 0) is 26.2 Å². The third kappa shape index (κ3) is 4.62. The number of alkyl halides is 3. The molecule has 33 heavy (non-hydrogen) atoms. The normalized spacial score (nSPS) is 12.2. The Morgan fingerprint density at radius 3 is 2.64 bits per heavy atom. The smallest absolute Gasteiger partial charge is 0.284 e. The average Bonchev–Trinajstić information content (AvgIpc) is 3.38. The third-order valence-electron chi connectivity index (χ3n) is 4.95. The van der Waals surface area contributed by atoms with E-state index in [9.17, 15) is 22.8 Å². The van der Waals surface area contributed by atoms with Gasteiger partial charge in [0.2, 0.25) is 0 Å². The van der Waals surface area contributed by atoms with Crippen LogP contribution in [0.5, 0.6) is 0 Å². The molecule has 0 fully saturated rings. The molecule has 0 aliphatic carbocycles. The second-order valence-corrected chi connectivity index (χ2v) is 10.0. The fourth-order valence-corrected chi connectivity index (χ4v) is 5.88. The van der Waals surface area contributed by atoms with Crippen LogP contribution >= 0.6 is 23.1 Å². The van der Waals surface area contributed by atoms with E-state index < -0.39 is 23.0 Å². The number of hydrogen-bond donors (Lipinski definition) is 1. The molecule has 7 nitrogen and oxygen atoms in total. The minimum Gasteiger partial charge on any atom is -0.284 e. The Kier molecular flexibility index (Phi) is 6.23. The van der Waals surface area contributed by atoms with Crippen LogP contribution in [0.3, 0.4) is 0 Å². The van der Waals surface area contributed by atoms with Crippen LogP contribution in [0.25, 0.3) is 10.2 Å². The van der Waals surface area contributed by atoms with E-state index in [1.807, 2.05) is 13.8 Å². The van der Waals surface area contributed by atoms with Crippen molar-refractivity contribution in [3.63, 3.8) is 0 Å². The molecule has 4 rings (SSSR count). The van der Waals surface area contributed by atoms with Crippen molar-refractivity contribution in [3.05, 3.63) is 67.4 Å². The Hall–Kier alpha value is -2.86. The lowest BCUT2D eigenvalue weighted by Gasteiger charge is -2.11. The summed E-state index contributed by atoms with van der Waals surface area (Å²) in [5.74, 6) is 0.141. The highest BCUT2D eigenvalue weighted by Crippen LogP contribution is 2.40. The summed E-state index contributed by atoms with van der Waals surface area (Å²) < 4.78 is 42.3. The number of halogens is 3. The minimum atomic E-state index is -4.46. The van der Waals surface area contributed by atoms with Crippen molar-refractivity contribution < 1.29 is 13.2 Å². The van der Waals surface area contributed by atoms with E-state index in [0.29, 0.717) is 37.3 Å². The standard InChI is InChI=1S/C21H20F3N5O2S2/c1-11(2)9-29-18-15(17(30)28(3)20(29)31)16(33-19-25-10-26-27-19)14(32-18)8-12-5-4-6-13(7-12)21(22,23)24/h4-7,10-11H,8-9H2,1-3H3,(H,25,26,27). The van der Waals surface area contributed by atoms with Crippen LogP contribution in [0.1, 0.15) is 29.9 Å². The Bertz CT molecular complexity index is 1420. The quantitative estimate of drug-likeness (QED) is 0.431. The largest absolute Gasteiger partial charge is 0.416 e. The van der Waals surface area contributed by atoms with Gasteiger partial charge in [0.15, 0.2) is 5.16 Å². The molecule has 0 aliphatic heterocycles. The van der Waals surface area contributed by atoms with E-state index in [1.165, 1.54) is 42.5 Å². The number of aromatic amines is 1. The van der Waals surface area contributed by atoms with Crippen molar-refractivity contribution >= 4 is 33.3 Å². The average molecular weight is 496 g/mol. The monoisotopic (exact) mass is 495 g/mol. The topological polar surface area (TPSA) is 85.6 Å². The lowest BCUT2D eigenvalue weighted by molar-refractivity contribution is -0.137. The summed E-state index contributed by atoms with van der Waals surface area (Å²) >= 11 is 2.42. The third-order valence-corrected chi connectivity index (χ3v) is 7.34. The van der Waals surface area contributed by atoms with Crippen molar-refractivity contribution in [2.24, 2.45) is 13.0 Å². The zero-order chi connectivity index (χ0) is 23.9. The zero-order valence-electron chi connectivity index (χ0n) is 17.9. The van der Waals surface area contributed by atoms with Crippen molar-refractivity contribution in [1.29, 1.82) is 0 Å². The predicted molar refractivity (Wildman–Crippen MR) is 121 cm³/mol. The number of nitrogens with one attached hydrogen (secondary N) is 1. The second-order valence-electron chi connectivity index (χ2n) is 7.95. The van der Waals surface area contributed by atoms with E-state index >= 15 is 0 Å². The Morgan fingerprint density at radius 2 is 2.00 bits per heavy atom. The molecule has 3 heterocycles. The first-order chi connectivity index (χ1) is 15.6. The molecule has 0 saturated heterocycles. The molecule has 0 spiro atoms. The first kappa shape index (κ1) is 23.3. The highest BCUT2D eigenvalue weighted by molar-refractivity contribution is 7.99. The van der Waals surface area contributed by atoms with Gasteiger partial charge in [0, 0.05) is 29.8 Å². The maximum Gasteiger partial charge on any atom is 0.416 e. The molecular weight excluding hydrogens is 475 g/mol. The first-order valence-corrected chi connectivity index (χ1v) is 11.6. The summed E-state index contributed by atoms with van der Waals surface area (Å²) in [6.07, 6.45) is -2.96. The van der Waals surface area contributed by atoms with E-state index in [1.54, 1.807) is 10.6 Å². The molecule has 0 atom stereocenters. The Labute approximate surface area is 194 Å². The van der Waals surface area contributed by atoms with Gasteiger partial charge in [-0.25, -0.2) is 9.78 Å². The van der Waals surface area contributed by atoms with Crippen molar-refractivity contribution in [2.75, 3.05) is 0 Å². The fraction of sp³-hybridized carbons (Fsp3) is 0.333. The van der Waals surface area contributed by atoms with E-state index in [2.05, 4.69) is 15.2 Å². The summed E-state index contributed by atoms with van der Waals surface area (Å²) in [5, 5.41) is 7.35. The summed E-state index contributed by atoms with van der Waals surface area (Å²) in [6, 6.07) is 5.10. The van der Waals surface area contributed by atoms with Crippen molar-refractivity contribution in [1.82, 2.24) is 24.3 Å². The molecule has 4 aromatic rings. The molecule has 0 bridgehead atoms. The van der Waals surface area contributed by atoms with Crippen LogP contribution < -0.4 is 11.2 Å². The lowest BCUT2D eigenvalue weighted by atomic mass is 10.1. The molecule has 0 radical (unpaired) electrons. The number of rotatable bonds is 6. The van der Waals surface area contributed by atoms with Gasteiger partial charge in [-0.1, -0.05) is 32.0 Å². The number of fused-ring (bicyclic) bond motifs is 1. The van der Waals surface area contributed by atoms with E-state index in [0.717, 1.165) is 16.7 Å². The van der Waals surface area contributed by atoms with Gasteiger partial charge in [0.05, 0.1) is 10.9 Å². The lowest BCUT2D eigenvalue weighted by Crippen LogP contribution is -2.38. The van der Waals surface area contributed by atoms with Gasteiger partial charge < -0.3 is 0 Å². The maximum atomic E-state index is 13.2. The molecule has 3 aromatic heterocycles. The molecule has 1 aromatic carbocycles. The molecule has 0 amide bonds. The molecule has 1 N–H and O–H groups in total. The van der Waals surface area contributed by atoms with Crippen LogP contribution in [0, 0.1) is 5.92 Å². The van der Waals surface area contributed by atoms with Gasteiger partial charge in [-0.3, -0.25) is 19.0 Å². The first-order valence-electron chi connectivity index (χ1n) is 10.0. The Morgan fingerprint density at radius 1 is 1.24 bits per heavy atom. The van der Waals surface area contributed by atoms with Crippen LogP contribution in [0.15, 0.2) is 50.2 Å². The molecular formula is C21H20F3N5O2S2. The molecule has 0 unspecified atom stereocenters. The maximum absolute atomic E-state index is 13.2. The number of hydrogen-bond acceptors (Lipinski definition) is 6. The second kappa shape index (κ2) is 8.82. The number of aromatic nitrogens is 5. The van der Waals surface area contributed by atoms with Gasteiger partial charge in [-0.15, -0.1) is 11.3 Å². The summed E-state index contributed by atoms with van der Waals surface area (Å²) in [7, 11) is 1.42. The summed E-state index contributed by atoms with van der Waals surface area (Å²) in [5.41, 5.74) is -1.17. The highest BCUT2D eigenvalue weighted by Gasteiger charge is 2.30. The number of thiophene rings is 1. The highest BCUT2D eigenvalue weighted by atomic mass is 32.2. The molecule has 174 valence electrons. The van der Waals surface area contributed by atoms with Gasteiger partial charge in [-0.2, -0.15) is 18.3 Å². The van der Waals surface area contributed by atoms with Gasteiger partial charge >= 0.3 is 11.9 Å². The summed E-state index contributed by atoms with van der Waals surface area (Å²) in [4.78, 5) is 31.8. The molecule has 0 saturated carbocycles. The van der Waals surface area contributed by atoms with Gasteiger partial charge in [0.25, 0.3) is 5.56 Å². The van der Waals surface area contributed by atoms with Crippen molar-refractivity contribution in [2.45, 2.75) is 43.0 Å². The minimum absolute atomic E-state index is 0.141. The summed E-state index contributed by atoms with van der Waals surface area (Å²) in [6.45, 7) is 4.33. The zero-order valence-corrected chi connectivity index (χ0v) is 19.6. The van der Waals surface area contributed by atoms with Gasteiger partial charge in [0.1, 0.15) is 11.2 Å². The molecule has 12 heteroatoms. The van der Waals surface area contributed by atoms with Gasteiger partial charge in [-0.05, 0) is 29.3 Å². The van der Waals surface area contributed by atoms with Crippen LogP contribution in [0.4, 0.5) is 13.2 Å². The van der Waals surface area contributed by atoms with E-state index in [-0.39, 0.29) is 12.3 Å². The SMILES string of the molecule is CC(C)Cn1c(=O)n(C)c(=O)c2c(Sc3ncn[nH]3)c(Cc3cccc(C(F)(F)F)c3)sc21. The Balaban J connectivity index is 1.94.